The summed E-state index contributed by atoms with van der Waals surface area (Å²) in [6.07, 6.45) is -3.32. The van der Waals surface area contributed by atoms with Crippen LogP contribution in [0.2, 0.25) is 0 Å². The van der Waals surface area contributed by atoms with Gasteiger partial charge in [-0.15, -0.1) is 0 Å². The van der Waals surface area contributed by atoms with Gasteiger partial charge < -0.3 is 9.67 Å². The van der Waals surface area contributed by atoms with Gasteiger partial charge in [0.15, 0.2) is 0 Å². The highest BCUT2D eigenvalue weighted by atomic mass is 32.2. The number of carboxylic acids is 1. The third-order valence-corrected chi connectivity index (χ3v) is 5.45. The van der Waals surface area contributed by atoms with Crippen LogP contribution in [-0.2, 0) is 21.9 Å². The Kier molecular flexibility index (Phi) is 3.79. The number of aliphatic carboxylic acids is 1. The van der Waals surface area contributed by atoms with Crippen LogP contribution in [0.5, 0.6) is 0 Å². The molecule has 2 heterocycles. The maximum absolute atomic E-state index is 12.9. The molecule has 1 N–H and O–H groups in total. The van der Waals surface area contributed by atoms with Gasteiger partial charge in [0.2, 0.25) is 0 Å². The van der Waals surface area contributed by atoms with Crippen LogP contribution in [0.15, 0.2) is 23.4 Å². The van der Waals surface area contributed by atoms with Crippen LogP contribution in [0.25, 0.3) is 0 Å². The topological polar surface area (TPSA) is 79.6 Å². The Hall–Kier alpha value is -1.55. The van der Waals surface area contributed by atoms with Crippen molar-refractivity contribution in [2.24, 2.45) is 18.9 Å². The summed E-state index contributed by atoms with van der Waals surface area (Å²) in [5.41, 5.74) is 0. The Morgan fingerprint density at radius 1 is 1.38 bits per heavy atom. The fraction of sp³-hybridized carbons (Fsp3) is 0.545. The molecule has 0 bridgehead atoms. The van der Waals surface area contributed by atoms with Crippen LogP contribution in [0.1, 0.15) is 0 Å². The lowest BCUT2D eigenvalue weighted by Gasteiger charge is -2.18. The first kappa shape index (κ1) is 15.8. The molecule has 0 radical (unpaired) electrons. The van der Waals surface area contributed by atoms with Crippen LogP contribution < -0.4 is 0 Å². The van der Waals surface area contributed by atoms with Crippen molar-refractivity contribution in [3.8, 4) is 0 Å². The highest BCUT2D eigenvalue weighted by molar-refractivity contribution is 7.89. The first-order valence-corrected chi connectivity index (χ1v) is 7.40. The quantitative estimate of drug-likeness (QED) is 0.895. The maximum atomic E-state index is 12.9. The first-order valence-electron chi connectivity index (χ1n) is 5.96. The molecule has 0 amide bonds. The van der Waals surface area contributed by atoms with Gasteiger partial charge in [-0.25, -0.2) is 8.42 Å². The molecule has 2 atom stereocenters. The van der Waals surface area contributed by atoms with Crippen molar-refractivity contribution in [1.82, 2.24) is 8.87 Å². The van der Waals surface area contributed by atoms with Crippen LogP contribution in [0.3, 0.4) is 0 Å². The molecule has 1 fully saturated rings. The van der Waals surface area contributed by atoms with Gasteiger partial charge in [0, 0.05) is 26.3 Å². The van der Waals surface area contributed by atoms with E-state index in [2.05, 4.69) is 0 Å². The summed E-state index contributed by atoms with van der Waals surface area (Å²) in [7, 11) is -2.71. The van der Waals surface area contributed by atoms with Gasteiger partial charge in [0.1, 0.15) is 5.03 Å². The molecule has 1 aromatic heterocycles. The summed E-state index contributed by atoms with van der Waals surface area (Å²) in [4.78, 5) is 11.0. The van der Waals surface area contributed by atoms with Gasteiger partial charge >= 0.3 is 12.1 Å². The molecule has 0 unspecified atom stereocenters. The second-order valence-corrected chi connectivity index (χ2v) is 6.76. The third-order valence-electron chi connectivity index (χ3n) is 3.52. The molecule has 2 rings (SSSR count). The molecular weight excluding hydrogens is 313 g/mol. The van der Waals surface area contributed by atoms with Gasteiger partial charge in [-0.3, -0.25) is 4.79 Å². The summed E-state index contributed by atoms with van der Waals surface area (Å²) >= 11 is 0. The summed E-state index contributed by atoms with van der Waals surface area (Å²) in [6.45, 7) is -1.57. The molecule has 21 heavy (non-hydrogen) atoms. The van der Waals surface area contributed by atoms with E-state index in [9.17, 15) is 26.4 Å². The SMILES string of the molecule is Cn1cccc1S(=O)(=O)N1C[C@@H](C(F)(F)F)[C@H](C(=O)O)C1. The number of rotatable bonds is 3. The minimum Gasteiger partial charge on any atom is -0.481 e. The Morgan fingerprint density at radius 3 is 2.38 bits per heavy atom. The van der Waals surface area contributed by atoms with E-state index in [1.165, 1.54) is 29.9 Å². The zero-order valence-corrected chi connectivity index (χ0v) is 11.7. The van der Waals surface area contributed by atoms with Crippen molar-refractivity contribution in [3.05, 3.63) is 18.3 Å². The monoisotopic (exact) mass is 326 g/mol. The van der Waals surface area contributed by atoms with Gasteiger partial charge in [0.05, 0.1) is 11.8 Å². The normalized spacial score (nSPS) is 24.4. The molecule has 1 aliphatic rings. The first-order chi connectivity index (χ1) is 9.55. The van der Waals surface area contributed by atoms with Crippen LogP contribution in [-0.4, -0.2) is 47.6 Å². The van der Waals surface area contributed by atoms with E-state index in [-0.39, 0.29) is 5.03 Å². The van der Waals surface area contributed by atoms with Crippen molar-refractivity contribution in [2.45, 2.75) is 11.2 Å². The second kappa shape index (κ2) is 5.02. The zero-order chi connectivity index (χ0) is 16.0. The van der Waals surface area contributed by atoms with Gasteiger partial charge in [0.25, 0.3) is 10.0 Å². The van der Waals surface area contributed by atoms with Gasteiger partial charge in [-0.05, 0) is 12.1 Å². The van der Waals surface area contributed by atoms with E-state index < -0.39 is 47.1 Å². The third kappa shape index (κ3) is 2.77. The average Bonchev–Trinajstić information content (AvgIpc) is 2.93. The molecule has 118 valence electrons. The summed E-state index contributed by atoms with van der Waals surface area (Å²) in [5.74, 6) is -5.65. The molecular formula is C11H13F3N2O4S. The molecule has 1 saturated heterocycles. The number of aryl methyl sites for hydroxylation is 1. The maximum Gasteiger partial charge on any atom is 0.393 e. The molecule has 0 saturated carbocycles. The van der Waals surface area contributed by atoms with Crippen molar-refractivity contribution < 1.29 is 31.5 Å². The number of hydrogen-bond donors (Lipinski definition) is 1. The number of sulfonamides is 1. The predicted molar refractivity (Wildman–Crippen MR) is 64.8 cm³/mol. The van der Waals surface area contributed by atoms with Crippen LogP contribution in [0, 0.1) is 11.8 Å². The van der Waals surface area contributed by atoms with E-state index in [4.69, 9.17) is 5.11 Å². The smallest absolute Gasteiger partial charge is 0.393 e. The molecule has 0 spiro atoms. The van der Waals surface area contributed by atoms with Crippen LogP contribution in [0.4, 0.5) is 13.2 Å². The van der Waals surface area contributed by atoms with Gasteiger partial charge in [-0.2, -0.15) is 17.5 Å². The number of aromatic nitrogens is 1. The lowest BCUT2D eigenvalue weighted by Crippen LogP contribution is -2.34. The summed E-state index contributed by atoms with van der Waals surface area (Å²) in [5, 5.41) is 8.72. The number of nitrogens with zero attached hydrogens (tertiary/aromatic N) is 2. The lowest BCUT2D eigenvalue weighted by atomic mass is 9.96. The summed E-state index contributed by atoms with van der Waals surface area (Å²) < 4.78 is 65.0. The van der Waals surface area contributed by atoms with Crippen molar-refractivity contribution >= 4 is 16.0 Å². The standard InChI is InChI=1S/C11H13F3N2O4S/c1-15-4-2-3-9(15)21(19,20)16-5-7(10(17)18)8(6-16)11(12,13)14/h2-4,7-8H,5-6H2,1H3,(H,17,18)/t7-,8-/m1/s1. The number of hydrogen-bond acceptors (Lipinski definition) is 3. The lowest BCUT2D eigenvalue weighted by molar-refractivity contribution is -0.187. The number of carboxylic acid groups (broad SMARTS) is 1. The van der Waals surface area contributed by atoms with Crippen molar-refractivity contribution in [2.75, 3.05) is 13.1 Å². The Balaban J connectivity index is 2.36. The van der Waals surface area contributed by atoms with E-state index in [0.717, 1.165) is 0 Å². The fourth-order valence-electron chi connectivity index (χ4n) is 2.39. The molecule has 6 nitrogen and oxygen atoms in total. The largest absolute Gasteiger partial charge is 0.481 e. The van der Waals surface area contributed by atoms with Crippen molar-refractivity contribution in [1.29, 1.82) is 0 Å². The average molecular weight is 326 g/mol. The van der Waals surface area contributed by atoms with Crippen molar-refractivity contribution in [3.63, 3.8) is 0 Å². The minimum absolute atomic E-state index is 0.172. The number of carbonyl (C=O) groups is 1. The molecule has 0 aliphatic carbocycles. The molecule has 0 aromatic carbocycles. The molecule has 1 aliphatic heterocycles. The minimum atomic E-state index is -4.76. The predicted octanol–water partition coefficient (Wildman–Crippen LogP) is 0.909. The van der Waals surface area contributed by atoms with E-state index in [1.54, 1.807) is 0 Å². The highest BCUT2D eigenvalue weighted by Gasteiger charge is 2.55. The number of halogens is 3. The van der Waals surface area contributed by atoms with E-state index >= 15 is 0 Å². The van der Waals surface area contributed by atoms with Crippen LogP contribution >= 0.6 is 0 Å². The molecule has 1 aromatic rings. The highest BCUT2D eigenvalue weighted by Crippen LogP contribution is 2.39. The van der Waals surface area contributed by atoms with Gasteiger partial charge in [-0.1, -0.05) is 0 Å². The zero-order valence-electron chi connectivity index (χ0n) is 10.9. The Labute approximate surface area is 118 Å². The Morgan fingerprint density at radius 2 is 2.00 bits per heavy atom. The number of alkyl halides is 3. The molecule has 10 heteroatoms. The van der Waals surface area contributed by atoms with E-state index in [0.29, 0.717) is 4.31 Å². The summed E-state index contributed by atoms with van der Waals surface area (Å²) in [6, 6.07) is 2.70. The second-order valence-electron chi connectivity index (χ2n) is 4.87. The fourth-order valence-corrected chi connectivity index (χ4v) is 4.05. The Bertz CT molecular complexity index is 653. The van der Waals surface area contributed by atoms with E-state index in [1.807, 2.05) is 0 Å².